The van der Waals surface area contributed by atoms with Gasteiger partial charge in [0.2, 0.25) is 17.7 Å². The summed E-state index contributed by atoms with van der Waals surface area (Å²) < 4.78 is 0. The van der Waals surface area contributed by atoms with Gasteiger partial charge in [-0.05, 0) is 54.0 Å². The van der Waals surface area contributed by atoms with Crippen LogP contribution in [0.1, 0.15) is 51.7 Å². The number of benzene rings is 2. The maximum atomic E-state index is 13.7. The third-order valence-corrected chi connectivity index (χ3v) is 7.12. The predicted molar refractivity (Wildman–Crippen MR) is 164 cm³/mol. The van der Waals surface area contributed by atoms with Crippen molar-refractivity contribution in [2.75, 3.05) is 0 Å². The number of aromatic amines is 1. The quantitative estimate of drug-likeness (QED) is 0.141. The van der Waals surface area contributed by atoms with E-state index in [4.69, 9.17) is 5.73 Å². The van der Waals surface area contributed by atoms with E-state index in [2.05, 4.69) is 20.9 Å². The average molecular weight is 594 g/mol. The number of hydrogen-bond donors (Lipinski definition) is 7. The van der Waals surface area contributed by atoms with Crippen LogP contribution in [0.5, 0.6) is 5.75 Å². The summed E-state index contributed by atoms with van der Waals surface area (Å²) in [7, 11) is 0. The molecule has 0 aliphatic rings. The van der Waals surface area contributed by atoms with Gasteiger partial charge in [0.25, 0.3) is 0 Å². The van der Waals surface area contributed by atoms with E-state index in [9.17, 15) is 29.4 Å². The van der Waals surface area contributed by atoms with Gasteiger partial charge in [0, 0.05) is 29.9 Å². The van der Waals surface area contributed by atoms with Gasteiger partial charge >= 0.3 is 5.97 Å². The minimum absolute atomic E-state index is 0.0162. The first-order chi connectivity index (χ1) is 20.3. The molecular formula is C32H43N5O6. The van der Waals surface area contributed by atoms with Crippen molar-refractivity contribution >= 4 is 34.6 Å². The fraction of sp³-hybridized carbons (Fsp3) is 0.438. The van der Waals surface area contributed by atoms with Crippen LogP contribution in [-0.4, -0.2) is 63.1 Å². The van der Waals surface area contributed by atoms with E-state index in [0.29, 0.717) is 12.0 Å². The number of para-hydroxylation sites is 1. The van der Waals surface area contributed by atoms with Gasteiger partial charge in [0.1, 0.15) is 23.9 Å². The lowest BCUT2D eigenvalue weighted by Crippen LogP contribution is -2.58. The van der Waals surface area contributed by atoms with Crippen LogP contribution in [0, 0.1) is 11.8 Å². The van der Waals surface area contributed by atoms with Crippen molar-refractivity contribution in [2.45, 2.75) is 77.5 Å². The van der Waals surface area contributed by atoms with Crippen molar-refractivity contribution < 1.29 is 29.4 Å². The van der Waals surface area contributed by atoms with Crippen LogP contribution in [0.4, 0.5) is 0 Å². The minimum atomic E-state index is -1.26. The number of carbonyl (C=O) groups excluding carboxylic acids is 3. The number of fused-ring (bicyclic) bond motifs is 1. The summed E-state index contributed by atoms with van der Waals surface area (Å²) in [5.41, 5.74) is 8.41. The Balaban J connectivity index is 1.82. The van der Waals surface area contributed by atoms with Gasteiger partial charge in [-0.2, -0.15) is 0 Å². The molecule has 0 fully saturated rings. The largest absolute Gasteiger partial charge is 0.508 e. The lowest BCUT2D eigenvalue weighted by molar-refractivity contribution is -0.142. The summed E-state index contributed by atoms with van der Waals surface area (Å²) in [4.78, 5) is 55.3. The molecule has 0 aliphatic heterocycles. The number of carboxylic acid groups (broad SMARTS) is 1. The number of nitrogens with one attached hydrogen (secondary N) is 4. The van der Waals surface area contributed by atoms with Crippen LogP contribution >= 0.6 is 0 Å². The Bertz CT molecular complexity index is 1400. The summed E-state index contributed by atoms with van der Waals surface area (Å²) in [5.74, 6) is -2.75. The monoisotopic (exact) mass is 593 g/mol. The Morgan fingerprint density at radius 1 is 0.767 bits per heavy atom. The molecule has 3 amide bonds. The molecule has 11 nitrogen and oxygen atoms in total. The number of aromatic nitrogens is 1. The Morgan fingerprint density at radius 3 is 1.98 bits per heavy atom. The van der Waals surface area contributed by atoms with Gasteiger partial charge < -0.3 is 36.9 Å². The van der Waals surface area contributed by atoms with Crippen LogP contribution in [-0.2, 0) is 32.0 Å². The maximum Gasteiger partial charge on any atom is 0.326 e. The second kappa shape index (κ2) is 15.2. The minimum Gasteiger partial charge on any atom is -0.508 e. The van der Waals surface area contributed by atoms with Crippen molar-refractivity contribution in [2.24, 2.45) is 17.6 Å². The molecule has 0 saturated carbocycles. The highest BCUT2D eigenvalue weighted by Crippen LogP contribution is 2.20. The maximum absolute atomic E-state index is 13.7. The first-order valence-corrected chi connectivity index (χ1v) is 14.6. The Kier molecular flexibility index (Phi) is 11.7. The highest BCUT2D eigenvalue weighted by atomic mass is 16.4. The number of nitrogens with two attached hydrogens (primary N) is 1. The molecule has 1 aromatic heterocycles. The standard InChI is InChI=1S/C32H43N5O6/c1-18(2)13-24(33)29(39)35-27(16-21-17-34-25-8-6-5-7-23(21)25)31(41)36-26(14-19(3)4)30(40)37-28(32(42)43)15-20-9-11-22(38)12-10-20/h5-12,17-19,24,26-28,34,38H,13-16,33H2,1-4H3,(H,35,39)(H,36,41)(H,37,40)(H,42,43). The highest BCUT2D eigenvalue weighted by molar-refractivity contribution is 5.95. The van der Waals surface area contributed by atoms with E-state index in [1.165, 1.54) is 12.1 Å². The van der Waals surface area contributed by atoms with Crippen LogP contribution < -0.4 is 21.7 Å². The highest BCUT2D eigenvalue weighted by Gasteiger charge is 2.31. The van der Waals surface area contributed by atoms with Crippen molar-refractivity contribution in [3.05, 3.63) is 65.9 Å². The molecule has 0 saturated heterocycles. The number of phenols is 1. The number of aliphatic carboxylic acids is 1. The first kappa shape index (κ1) is 33.1. The molecule has 0 radical (unpaired) electrons. The smallest absolute Gasteiger partial charge is 0.326 e. The van der Waals surface area contributed by atoms with Crippen LogP contribution in [0.2, 0.25) is 0 Å². The lowest BCUT2D eigenvalue weighted by Gasteiger charge is -2.26. The molecule has 0 bridgehead atoms. The molecule has 3 aromatic rings. The molecule has 8 N–H and O–H groups in total. The third kappa shape index (κ3) is 9.85. The van der Waals surface area contributed by atoms with Gasteiger partial charge in [0.05, 0.1) is 6.04 Å². The Hall–Kier alpha value is -4.38. The van der Waals surface area contributed by atoms with Crippen molar-refractivity contribution in [1.82, 2.24) is 20.9 Å². The molecular weight excluding hydrogens is 550 g/mol. The fourth-order valence-electron chi connectivity index (χ4n) is 4.94. The van der Waals surface area contributed by atoms with Crippen LogP contribution in [0.25, 0.3) is 10.9 Å². The van der Waals surface area contributed by atoms with Gasteiger partial charge in [-0.15, -0.1) is 0 Å². The average Bonchev–Trinajstić information content (AvgIpc) is 3.35. The summed E-state index contributed by atoms with van der Waals surface area (Å²) in [6.07, 6.45) is 2.58. The van der Waals surface area contributed by atoms with Crippen LogP contribution in [0.15, 0.2) is 54.7 Å². The molecule has 232 valence electrons. The Labute approximate surface area is 251 Å². The summed E-state index contributed by atoms with van der Waals surface area (Å²) in [5, 5.41) is 28.3. The predicted octanol–water partition coefficient (Wildman–Crippen LogP) is 2.62. The van der Waals surface area contributed by atoms with Gasteiger partial charge in [0.15, 0.2) is 0 Å². The molecule has 0 aliphatic carbocycles. The summed E-state index contributed by atoms with van der Waals surface area (Å²) in [6.45, 7) is 7.66. The topological polar surface area (TPSA) is 187 Å². The second-order valence-corrected chi connectivity index (χ2v) is 11.8. The van der Waals surface area contributed by atoms with E-state index in [1.54, 1.807) is 18.3 Å². The van der Waals surface area contributed by atoms with E-state index in [-0.39, 0.29) is 36.8 Å². The zero-order valence-electron chi connectivity index (χ0n) is 25.1. The summed E-state index contributed by atoms with van der Waals surface area (Å²) >= 11 is 0. The number of carboxylic acids is 1. The first-order valence-electron chi connectivity index (χ1n) is 14.6. The molecule has 43 heavy (non-hydrogen) atoms. The van der Waals surface area contributed by atoms with E-state index in [1.807, 2.05) is 52.0 Å². The van der Waals surface area contributed by atoms with E-state index in [0.717, 1.165) is 16.5 Å². The molecule has 11 heteroatoms. The summed E-state index contributed by atoms with van der Waals surface area (Å²) in [6, 6.07) is 9.44. The zero-order valence-corrected chi connectivity index (χ0v) is 25.1. The molecule has 4 unspecified atom stereocenters. The van der Waals surface area contributed by atoms with Gasteiger partial charge in [-0.25, -0.2) is 4.79 Å². The number of aromatic hydroxyl groups is 1. The SMILES string of the molecule is CC(C)CC(N)C(=O)NC(Cc1c[nH]c2ccccc12)C(=O)NC(CC(C)C)C(=O)NC(Cc1ccc(O)cc1)C(=O)O. The van der Waals surface area contributed by atoms with Gasteiger partial charge in [-0.1, -0.05) is 58.0 Å². The van der Waals surface area contributed by atoms with Crippen molar-refractivity contribution in [3.8, 4) is 5.75 Å². The zero-order chi connectivity index (χ0) is 31.7. The fourth-order valence-corrected chi connectivity index (χ4v) is 4.94. The second-order valence-electron chi connectivity index (χ2n) is 11.8. The number of H-pyrrole nitrogens is 1. The number of phenolic OH excluding ortho intramolecular Hbond substituents is 1. The molecule has 2 aromatic carbocycles. The number of rotatable bonds is 15. The normalized spacial score (nSPS) is 14.2. The lowest BCUT2D eigenvalue weighted by atomic mass is 9.99. The molecule has 4 atom stereocenters. The third-order valence-electron chi connectivity index (χ3n) is 7.12. The van der Waals surface area contributed by atoms with E-state index < -0.39 is 47.9 Å². The number of amides is 3. The van der Waals surface area contributed by atoms with Crippen molar-refractivity contribution in [3.63, 3.8) is 0 Å². The number of carbonyl (C=O) groups is 4. The van der Waals surface area contributed by atoms with Crippen molar-refractivity contribution in [1.29, 1.82) is 0 Å². The molecule has 3 rings (SSSR count). The molecule has 0 spiro atoms. The van der Waals surface area contributed by atoms with E-state index >= 15 is 0 Å². The van der Waals surface area contributed by atoms with Gasteiger partial charge in [-0.3, -0.25) is 14.4 Å². The molecule has 1 heterocycles. The number of hydrogen-bond acceptors (Lipinski definition) is 6. The Morgan fingerprint density at radius 2 is 1.35 bits per heavy atom. The van der Waals surface area contributed by atoms with Crippen LogP contribution in [0.3, 0.4) is 0 Å².